The number of benzene rings is 1. The van der Waals surface area contributed by atoms with E-state index in [0.29, 0.717) is 16.8 Å². The van der Waals surface area contributed by atoms with Gasteiger partial charge in [0.25, 0.3) is 10.1 Å². The summed E-state index contributed by atoms with van der Waals surface area (Å²) >= 11 is 0. The summed E-state index contributed by atoms with van der Waals surface area (Å²) in [6, 6.07) is 8.33. The summed E-state index contributed by atoms with van der Waals surface area (Å²) in [5.41, 5.74) is 1.57. The van der Waals surface area contributed by atoms with Gasteiger partial charge in [0, 0.05) is 5.39 Å². The van der Waals surface area contributed by atoms with Crippen LogP contribution in [0.1, 0.15) is 16.1 Å². The Morgan fingerprint density at radius 2 is 2.00 bits per heavy atom. The number of hydrogen-bond donors (Lipinski definition) is 0. The van der Waals surface area contributed by atoms with Crippen molar-refractivity contribution in [3.63, 3.8) is 0 Å². The molecule has 1 aromatic carbocycles. The van der Waals surface area contributed by atoms with Crippen LogP contribution in [0.15, 0.2) is 30.3 Å². The van der Waals surface area contributed by atoms with E-state index in [2.05, 4.69) is 13.9 Å². The van der Waals surface area contributed by atoms with Gasteiger partial charge in [0.1, 0.15) is 6.61 Å². The molecule has 0 spiro atoms. The maximum atomic E-state index is 11.4. The number of esters is 1. The van der Waals surface area contributed by atoms with Crippen molar-refractivity contribution in [2.45, 2.75) is 6.61 Å². The van der Waals surface area contributed by atoms with Crippen LogP contribution >= 0.6 is 0 Å². The first-order valence-electron chi connectivity index (χ1n) is 5.71. The fourth-order valence-electron chi connectivity index (χ4n) is 1.66. The largest absolute Gasteiger partial charge is 0.465 e. The van der Waals surface area contributed by atoms with E-state index in [4.69, 9.17) is 0 Å². The Bertz CT molecular complexity index is 754. The molecule has 0 aliphatic carbocycles. The van der Waals surface area contributed by atoms with E-state index in [1.165, 1.54) is 7.11 Å². The van der Waals surface area contributed by atoms with Gasteiger partial charge in [0.2, 0.25) is 0 Å². The first kappa shape index (κ1) is 14.4. The van der Waals surface area contributed by atoms with Crippen molar-refractivity contribution >= 4 is 27.0 Å². The molecule has 0 fully saturated rings. The highest BCUT2D eigenvalue weighted by Crippen LogP contribution is 2.16. The minimum absolute atomic E-state index is 0.118. The van der Waals surface area contributed by atoms with E-state index >= 15 is 0 Å². The molecule has 2 aromatic rings. The normalized spacial score (nSPS) is 11.5. The second-order valence-electron chi connectivity index (χ2n) is 4.17. The van der Waals surface area contributed by atoms with Crippen molar-refractivity contribution in [3.05, 3.63) is 41.6 Å². The monoisotopic (exact) mass is 295 g/mol. The number of nitrogens with zero attached hydrogens (tertiary/aromatic N) is 1. The van der Waals surface area contributed by atoms with Crippen molar-refractivity contribution in [2.24, 2.45) is 0 Å². The molecule has 0 aliphatic heterocycles. The van der Waals surface area contributed by atoms with Crippen LogP contribution < -0.4 is 0 Å². The maximum absolute atomic E-state index is 11.4. The van der Waals surface area contributed by atoms with Gasteiger partial charge < -0.3 is 4.74 Å². The smallest absolute Gasteiger partial charge is 0.337 e. The molecule has 20 heavy (non-hydrogen) atoms. The Labute approximate surface area is 116 Å². The molecule has 0 amide bonds. The molecule has 0 N–H and O–H groups in total. The van der Waals surface area contributed by atoms with Gasteiger partial charge in [-0.25, -0.2) is 4.79 Å². The molecule has 0 saturated heterocycles. The summed E-state index contributed by atoms with van der Waals surface area (Å²) in [4.78, 5) is 15.7. The predicted octanol–water partition coefficient (Wildman–Crippen LogP) is 1.50. The minimum Gasteiger partial charge on any atom is -0.465 e. The lowest BCUT2D eigenvalue weighted by Gasteiger charge is -2.05. The number of carbonyl (C=O) groups excluding carboxylic acids is 1. The molecule has 7 heteroatoms. The first-order chi connectivity index (χ1) is 9.39. The molecule has 0 aliphatic rings. The standard InChI is InChI=1S/C13H13NO5S/c1-18-13(15)10-4-6-12-9(7-10)3-5-11(14-12)8-19-20(2,16)17/h3-7H,8H2,1-2H3. The van der Waals surface area contributed by atoms with E-state index in [1.54, 1.807) is 30.3 Å². The van der Waals surface area contributed by atoms with Gasteiger partial charge in [-0.05, 0) is 24.3 Å². The summed E-state index contributed by atoms with van der Waals surface area (Å²) in [6.45, 7) is -0.118. The van der Waals surface area contributed by atoms with Crippen LogP contribution in [0.2, 0.25) is 0 Å². The lowest BCUT2D eigenvalue weighted by Crippen LogP contribution is -2.04. The Hall–Kier alpha value is -1.99. The van der Waals surface area contributed by atoms with Gasteiger partial charge in [-0.15, -0.1) is 0 Å². The van der Waals surface area contributed by atoms with Gasteiger partial charge in [-0.3, -0.25) is 9.17 Å². The third-order valence-electron chi connectivity index (χ3n) is 2.59. The van der Waals surface area contributed by atoms with Gasteiger partial charge in [-0.2, -0.15) is 8.42 Å². The van der Waals surface area contributed by atoms with Crippen molar-refractivity contribution in [1.82, 2.24) is 4.98 Å². The van der Waals surface area contributed by atoms with Crippen LogP contribution in [-0.4, -0.2) is 32.7 Å². The fourth-order valence-corrected chi connectivity index (χ4v) is 2.00. The van der Waals surface area contributed by atoms with Crippen LogP contribution in [0.4, 0.5) is 0 Å². The van der Waals surface area contributed by atoms with Gasteiger partial charge in [-0.1, -0.05) is 6.07 Å². The van der Waals surface area contributed by atoms with Crippen molar-refractivity contribution in [1.29, 1.82) is 0 Å². The Morgan fingerprint density at radius 3 is 2.65 bits per heavy atom. The summed E-state index contributed by atoms with van der Waals surface area (Å²) in [7, 11) is -2.18. The average Bonchev–Trinajstić information content (AvgIpc) is 2.42. The zero-order valence-corrected chi connectivity index (χ0v) is 11.8. The maximum Gasteiger partial charge on any atom is 0.337 e. The lowest BCUT2D eigenvalue weighted by molar-refractivity contribution is 0.0601. The molecule has 0 unspecified atom stereocenters. The Morgan fingerprint density at radius 1 is 1.25 bits per heavy atom. The van der Waals surface area contributed by atoms with E-state index in [9.17, 15) is 13.2 Å². The molecule has 106 valence electrons. The fraction of sp³-hybridized carbons (Fsp3) is 0.231. The van der Waals surface area contributed by atoms with Crippen LogP contribution in [0.3, 0.4) is 0 Å². The number of fused-ring (bicyclic) bond motifs is 1. The first-order valence-corrected chi connectivity index (χ1v) is 7.53. The highest BCUT2D eigenvalue weighted by Gasteiger charge is 2.08. The van der Waals surface area contributed by atoms with Crippen LogP contribution in [0.5, 0.6) is 0 Å². The van der Waals surface area contributed by atoms with Crippen LogP contribution in [-0.2, 0) is 25.6 Å². The average molecular weight is 295 g/mol. The molecule has 1 aromatic heterocycles. The predicted molar refractivity (Wildman–Crippen MR) is 72.7 cm³/mol. The number of aromatic nitrogens is 1. The number of ether oxygens (including phenoxy) is 1. The molecule has 2 rings (SSSR count). The quantitative estimate of drug-likeness (QED) is 0.628. The number of methoxy groups -OCH3 is 1. The number of rotatable bonds is 4. The second kappa shape index (κ2) is 5.56. The lowest BCUT2D eigenvalue weighted by atomic mass is 10.1. The molecule has 0 atom stereocenters. The Kier molecular flexibility index (Phi) is 4.01. The van der Waals surface area contributed by atoms with Crippen LogP contribution in [0.25, 0.3) is 10.9 Å². The molecule has 0 radical (unpaired) electrons. The summed E-state index contributed by atoms with van der Waals surface area (Å²) in [6.07, 6.45) is 0.983. The second-order valence-corrected chi connectivity index (χ2v) is 5.81. The number of carbonyl (C=O) groups is 1. The van der Waals surface area contributed by atoms with Gasteiger partial charge in [0.05, 0.1) is 30.1 Å². The molecule has 0 saturated carbocycles. The number of pyridine rings is 1. The van der Waals surface area contributed by atoms with Crippen molar-refractivity contribution in [2.75, 3.05) is 13.4 Å². The third kappa shape index (κ3) is 3.52. The molecule has 1 heterocycles. The molecule has 0 bridgehead atoms. The zero-order chi connectivity index (χ0) is 14.8. The molecular formula is C13H13NO5S. The van der Waals surface area contributed by atoms with Gasteiger partial charge >= 0.3 is 5.97 Å². The highest BCUT2D eigenvalue weighted by atomic mass is 32.2. The number of hydrogen-bond acceptors (Lipinski definition) is 6. The van der Waals surface area contributed by atoms with E-state index in [1.807, 2.05) is 0 Å². The van der Waals surface area contributed by atoms with Crippen molar-refractivity contribution in [3.8, 4) is 0 Å². The van der Waals surface area contributed by atoms with E-state index < -0.39 is 16.1 Å². The Balaban J connectivity index is 2.29. The highest BCUT2D eigenvalue weighted by molar-refractivity contribution is 7.85. The molecule has 6 nitrogen and oxygen atoms in total. The van der Waals surface area contributed by atoms with Gasteiger partial charge in [0.15, 0.2) is 0 Å². The summed E-state index contributed by atoms with van der Waals surface area (Å²) < 4.78 is 31.2. The SMILES string of the molecule is COC(=O)c1ccc2nc(COS(C)(=O)=O)ccc2c1. The zero-order valence-electron chi connectivity index (χ0n) is 11.0. The minimum atomic E-state index is -3.50. The van der Waals surface area contributed by atoms with E-state index in [0.717, 1.165) is 11.6 Å². The summed E-state index contributed by atoms with van der Waals surface area (Å²) in [5.74, 6) is -0.420. The van der Waals surface area contributed by atoms with Crippen LogP contribution in [0, 0.1) is 0 Å². The molecular weight excluding hydrogens is 282 g/mol. The van der Waals surface area contributed by atoms with Crippen molar-refractivity contribution < 1.29 is 22.1 Å². The summed E-state index contributed by atoms with van der Waals surface area (Å²) in [5, 5.41) is 0.760. The topological polar surface area (TPSA) is 82.6 Å². The van der Waals surface area contributed by atoms with E-state index in [-0.39, 0.29) is 6.61 Å². The third-order valence-corrected chi connectivity index (χ3v) is 3.13.